The first-order valence-corrected chi connectivity index (χ1v) is 9.46. The van der Waals surface area contributed by atoms with Crippen LogP contribution in [0.2, 0.25) is 0 Å². The lowest BCUT2D eigenvalue weighted by atomic mass is 10.0. The van der Waals surface area contributed by atoms with Crippen LogP contribution in [0.4, 0.5) is 11.4 Å². The van der Waals surface area contributed by atoms with Crippen LogP contribution in [0.25, 0.3) is 10.8 Å². The minimum absolute atomic E-state index is 0.632. The molecule has 0 amide bonds. The summed E-state index contributed by atoms with van der Waals surface area (Å²) >= 11 is 0. The van der Waals surface area contributed by atoms with Crippen molar-refractivity contribution in [3.63, 3.8) is 0 Å². The van der Waals surface area contributed by atoms with Crippen molar-refractivity contribution in [3.8, 4) is 5.75 Å². The van der Waals surface area contributed by atoms with Crippen LogP contribution in [0.3, 0.4) is 0 Å². The van der Waals surface area contributed by atoms with Gasteiger partial charge in [0.15, 0.2) is 0 Å². The van der Waals surface area contributed by atoms with Crippen molar-refractivity contribution in [1.82, 2.24) is 0 Å². The summed E-state index contributed by atoms with van der Waals surface area (Å²) in [7, 11) is 0. The summed E-state index contributed by atoms with van der Waals surface area (Å²) in [6.07, 6.45) is 1.91. The highest BCUT2D eigenvalue weighted by molar-refractivity contribution is 6.03. The van der Waals surface area contributed by atoms with Crippen LogP contribution >= 0.6 is 0 Å². The Hall–Kier alpha value is -2.85. The number of anilines is 1. The molecule has 0 aliphatic carbocycles. The van der Waals surface area contributed by atoms with Crippen LogP contribution in [0.15, 0.2) is 65.7 Å². The van der Waals surface area contributed by atoms with E-state index < -0.39 is 0 Å². The molecule has 3 aromatic rings. The normalized spacial score (nSPS) is 14.8. The van der Waals surface area contributed by atoms with Crippen LogP contribution in [-0.2, 0) is 4.74 Å². The number of hydrogen-bond donors (Lipinski definition) is 0. The van der Waals surface area contributed by atoms with Crippen LogP contribution in [0.1, 0.15) is 12.5 Å². The summed E-state index contributed by atoms with van der Waals surface area (Å²) in [6, 6.07) is 20.8. The fraction of sp³-hybridized carbons (Fsp3) is 0.261. The van der Waals surface area contributed by atoms with Crippen molar-refractivity contribution in [2.75, 3.05) is 37.8 Å². The smallest absolute Gasteiger partial charge is 0.128 e. The van der Waals surface area contributed by atoms with E-state index in [-0.39, 0.29) is 0 Å². The van der Waals surface area contributed by atoms with Gasteiger partial charge in [0.05, 0.1) is 25.5 Å². The summed E-state index contributed by atoms with van der Waals surface area (Å²) in [5.74, 6) is 0.866. The molecule has 0 bridgehead atoms. The number of morpholine rings is 1. The third-order valence-electron chi connectivity index (χ3n) is 4.80. The molecular formula is C23H24N2O2. The summed E-state index contributed by atoms with van der Waals surface area (Å²) in [4.78, 5) is 7.05. The van der Waals surface area contributed by atoms with Crippen molar-refractivity contribution in [1.29, 1.82) is 0 Å². The Balaban J connectivity index is 1.61. The molecule has 0 saturated carbocycles. The zero-order valence-corrected chi connectivity index (χ0v) is 15.6. The van der Waals surface area contributed by atoms with E-state index in [0.29, 0.717) is 6.61 Å². The minimum Gasteiger partial charge on any atom is -0.493 e. The Bertz CT molecular complexity index is 929. The maximum absolute atomic E-state index is 5.82. The highest BCUT2D eigenvalue weighted by atomic mass is 16.5. The van der Waals surface area contributed by atoms with Gasteiger partial charge >= 0.3 is 0 Å². The van der Waals surface area contributed by atoms with Gasteiger partial charge < -0.3 is 14.4 Å². The average Bonchev–Trinajstić information content (AvgIpc) is 2.74. The fourth-order valence-corrected chi connectivity index (χ4v) is 3.40. The molecule has 27 heavy (non-hydrogen) atoms. The molecule has 4 heteroatoms. The van der Waals surface area contributed by atoms with Gasteiger partial charge in [0.2, 0.25) is 0 Å². The van der Waals surface area contributed by atoms with E-state index in [2.05, 4.69) is 47.4 Å². The molecule has 4 nitrogen and oxygen atoms in total. The van der Waals surface area contributed by atoms with Crippen LogP contribution < -0.4 is 9.64 Å². The van der Waals surface area contributed by atoms with Crippen molar-refractivity contribution in [2.45, 2.75) is 6.92 Å². The lowest BCUT2D eigenvalue weighted by molar-refractivity contribution is 0.122. The predicted molar refractivity (Wildman–Crippen MR) is 112 cm³/mol. The first kappa shape index (κ1) is 17.6. The Morgan fingerprint density at radius 3 is 2.56 bits per heavy atom. The Labute approximate surface area is 160 Å². The first-order valence-electron chi connectivity index (χ1n) is 9.46. The Kier molecular flexibility index (Phi) is 5.35. The Morgan fingerprint density at radius 1 is 1.00 bits per heavy atom. The van der Waals surface area contributed by atoms with Crippen LogP contribution in [-0.4, -0.2) is 39.1 Å². The van der Waals surface area contributed by atoms with E-state index in [0.717, 1.165) is 48.7 Å². The molecule has 0 unspecified atom stereocenters. The SMILES string of the molecule is CCOc1ccc2ccccc2c1C=Nc1ccc(N2CCOCC2)cc1. The quantitative estimate of drug-likeness (QED) is 0.612. The van der Waals surface area contributed by atoms with Gasteiger partial charge in [0.25, 0.3) is 0 Å². The van der Waals surface area contributed by atoms with Gasteiger partial charge in [-0.05, 0) is 48.0 Å². The number of nitrogens with zero attached hydrogens (tertiary/aromatic N) is 2. The monoisotopic (exact) mass is 360 g/mol. The molecule has 4 rings (SSSR count). The topological polar surface area (TPSA) is 34.1 Å². The fourth-order valence-electron chi connectivity index (χ4n) is 3.40. The van der Waals surface area contributed by atoms with Gasteiger partial charge in [-0.1, -0.05) is 30.3 Å². The zero-order valence-electron chi connectivity index (χ0n) is 15.6. The second-order valence-electron chi connectivity index (χ2n) is 6.51. The van der Waals surface area contributed by atoms with E-state index in [4.69, 9.17) is 14.5 Å². The van der Waals surface area contributed by atoms with Gasteiger partial charge in [-0.25, -0.2) is 0 Å². The van der Waals surface area contributed by atoms with Crippen LogP contribution in [0.5, 0.6) is 5.75 Å². The highest BCUT2D eigenvalue weighted by Crippen LogP contribution is 2.28. The molecule has 0 spiro atoms. The molecule has 0 aromatic heterocycles. The van der Waals surface area contributed by atoms with Crippen molar-refractivity contribution >= 4 is 28.4 Å². The number of rotatable bonds is 5. The predicted octanol–water partition coefficient (Wildman–Crippen LogP) is 4.83. The number of aliphatic imine (C=N–C) groups is 1. The summed E-state index contributed by atoms with van der Waals surface area (Å²) < 4.78 is 11.2. The van der Waals surface area contributed by atoms with Crippen molar-refractivity contribution in [3.05, 3.63) is 66.2 Å². The summed E-state index contributed by atoms with van der Waals surface area (Å²) in [5.41, 5.74) is 3.17. The van der Waals surface area contributed by atoms with Gasteiger partial charge in [-0.2, -0.15) is 0 Å². The number of hydrogen-bond acceptors (Lipinski definition) is 4. The third kappa shape index (κ3) is 3.96. The first-order chi connectivity index (χ1) is 13.3. The van der Waals surface area contributed by atoms with E-state index in [1.807, 2.05) is 31.3 Å². The second kappa shape index (κ2) is 8.23. The number of benzene rings is 3. The maximum Gasteiger partial charge on any atom is 0.128 e. The van der Waals surface area contributed by atoms with E-state index in [1.54, 1.807) is 0 Å². The largest absolute Gasteiger partial charge is 0.493 e. The van der Waals surface area contributed by atoms with Gasteiger partial charge in [0, 0.05) is 30.6 Å². The van der Waals surface area contributed by atoms with Crippen molar-refractivity contribution in [2.24, 2.45) is 4.99 Å². The lowest BCUT2D eigenvalue weighted by Crippen LogP contribution is -2.36. The lowest BCUT2D eigenvalue weighted by Gasteiger charge is -2.28. The second-order valence-corrected chi connectivity index (χ2v) is 6.51. The molecule has 1 aliphatic rings. The molecule has 138 valence electrons. The molecule has 1 heterocycles. The molecule has 0 N–H and O–H groups in total. The Morgan fingerprint density at radius 2 is 1.78 bits per heavy atom. The maximum atomic E-state index is 5.82. The van der Waals surface area contributed by atoms with Gasteiger partial charge in [-0.15, -0.1) is 0 Å². The molecule has 1 fully saturated rings. The third-order valence-corrected chi connectivity index (χ3v) is 4.80. The van der Waals surface area contributed by atoms with E-state index in [1.165, 1.54) is 11.1 Å². The van der Waals surface area contributed by atoms with Gasteiger partial charge in [-0.3, -0.25) is 4.99 Å². The highest BCUT2D eigenvalue weighted by Gasteiger charge is 2.11. The molecular weight excluding hydrogens is 336 g/mol. The molecule has 0 atom stereocenters. The van der Waals surface area contributed by atoms with E-state index in [9.17, 15) is 0 Å². The standard InChI is InChI=1S/C23H24N2O2/c1-2-27-23-12-7-18-5-3-4-6-21(18)22(23)17-24-19-8-10-20(11-9-19)25-13-15-26-16-14-25/h3-12,17H,2,13-16H2,1H3. The van der Waals surface area contributed by atoms with E-state index >= 15 is 0 Å². The number of ether oxygens (including phenoxy) is 2. The van der Waals surface area contributed by atoms with Crippen LogP contribution in [0, 0.1) is 0 Å². The molecule has 1 aliphatic heterocycles. The average molecular weight is 360 g/mol. The van der Waals surface area contributed by atoms with Gasteiger partial charge in [0.1, 0.15) is 5.75 Å². The zero-order chi connectivity index (χ0) is 18.5. The molecule has 1 saturated heterocycles. The number of fused-ring (bicyclic) bond motifs is 1. The van der Waals surface area contributed by atoms with Crippen molar-refractivity contribution < 1.29 is 9.47 Å². The summed E-state index contributed by atoms with van der Waals surface area (Å²) in [6.45, 7) is 6.10. The molecule has 3 aromatic carbocycles. The summed E-state index contributed by atoms with van der Waals surface area (Å²) in [5, 5.41) is 2.34. The molecule has 0 radical (unpaired) electrons. The minimum atomic E-state index is 0.632.